The lowest BCUT2D eigenvalue weighted by Crippen LogP contribution is -2.35. The maximum atomic E-state index is 10.1. The predicted molar refractivity (Wildman–Crippen MR) is 129 cm³/mol. The fraction of sp³-hybridized carbons (Fsp3) is 0.714. The first kappa shape index (κ1) is 24.5. The third-order valence-corrected chi connectivity index (χ3v) is 8.28. The Bertz CT molecular complexity index is 760. The molecule has 2 aliphatic carbocycles. The Hall–Kier alpha value is -1.16. The Morgan fingerprint density at radius 2 is 1.90 bits per heavy atom. The van der Waals surface area contributed by atoms with Crippen LogP contribution in [0.2, 0.25) is 0 Å². The van der Waals surface area contributed by atoms with E-state index < -0.39 is 5.60 Å². The van der Waals surface area contributed by atoms with Crippen molar-refractivity contribution >= 4 is 5.57 Å². The second-order valence-electron chi connectivity index (χ2n) is 11.1. The highest BCUT2D eigenvalue weighted by molar-refractivity contribution is 5.70. The molecule has 3 heteroatoms. The molecule has 0 heterocycles. The van der Waals surface area contributed by atoms with Gasteiger partial charge in [-0.3, -0.25) is 0 Å². The molecule has 1 saturated carbocycles. The van der Waals surface area contributed by atoms with Crippen LogP contribution in [0.15, 0.2) is 24.3 Å². The fourth-order valence-corrected chi connectivity index (χ4v) is 6.59. The first-order valence-corrected chi connectivity index (χ1v) is 12.5. The highest BCUT2D eigenvalue weighted by Gasteiger charge is 2.50. The van der Waals surface area contributed by atoms with E-state index in [4.69, 9.17) is 0 Å². The Kier molecular flexibility index (Phi) is 8.05. The van der Waals surface area contributed by atoms with E-state index in [2.05, 4.69) is 38.1 Å². The zero-order valence-electron chi connectivity index (χ0n) is 20.2. The number of aliphatic hydroxyl groups is 3. The van der Waals surface area contributed by atoms with Gasteiger partial charge in [-0.05, 0) is 104 Å². The molecule has 0 aromatic heterocycles. The van der Waals surface area contributed by atoms with Gasteiger partial charge in [0.05, 0.1) is 12.2 Å². The van der Waals surface area contributed by atoms with Gasteiger partial charge in [0, 0.05) is 6.61 Å². The van der Waals surface area contributed by atoms with Gasteiger partial charge >= 0.3 is 0 Å². The third-order valence-electron chi connectivity index (χ3n) is 8.28. The number of hydrogen-bond donors (Lipinski definition) is 3. The van der Waals surface area contributed by atoms with Gasteiger partial charge in [0.15, 0.2) is 0 Å². The fourth-order valence-electron chi connectivity index (χ4n) is 6.59. The van der Waals surface area contributed by atoms with Crippen molar-refractivity contribution in [3.05, 3.63) is 41.0 Å². The van der Waals surface area contributed by atoms with Crippen LogP contribution in [-0.4, -0.2) is 27.5 Å². The molecule has 3 rings (SSSR count). The van der Waals surface area contributed by atoms with Crippen LogP contribution in [0.3, 0.4) is 0 Å². The van der Waals surface area contributed by atoms with Gasteiger partial charge in [0.2, 0.25) is 0 Å². The van der Waals surface area contributed by atoms with Crippen molar-refractivity contribution in [1.82, 2.24) is 0 Å². The Morgan fingerprint density at radius 3 is 2.58 bits per heavy atom. The molecule has 1 aromatic carbocycles. The normalized spacial score (nSPS) is 27.1. The van der Waals surface area contributed by atoms with Crippen molar-refractivity contribution < 1.29 is 15.3 Å². The molecular formula is C28H44O3. The molecule has 0 saturated heterocycles. The van der Waals surface area contributed by atoms with Crippen LogP contribution >= 0.6 is 0 Å². The predicted octanol–water partition coefficient (Wildman–Crippen LogP) is 5.89. The first-order chi connectivity index (χ1) is 14.7. The van der Waals surface area contributed by atoms with Gasteiger partial charge in [0.25, 0.3) is 0 Å². The van der Waals surface area contributed by atoms with E-state index in [1.165, 1.54) is 42.4 Å². The van der Waals surface area contributed by atoms with Crippen LogP contribution in [0.25, 0.3) is 5.57 Å². The molecule has 0 spiro atoms. The summed E-state index contributed by atoms with van der Waals surface area (Å²) in [7, 11) is 0. The maximum Gasteiger partial charge on any atom is 0.0684 e. The van der Waals surface area contributed by atoms with E-state index >= 15 is 0 Å². The largest absolute Gasteiger partial charge is 0.396 e. The van der Waals surface area contributed by atoms with Crippen LogP contribution in [0.5, 0.6) is 0 Å². The van der Waals surface area contributed by atoms with Crippen molar-refractivity contribution in [2.45, 2.75) is 97.7 Å². The molecule has 4 atom stereocenters. The standard InChI is InChI=1S/C28H44O3/c1-20(8-5-15-27(2,3)31)25-13-14-26-24(10-6-16-28(25,26)4)22-11-12-23(19-30)21(18-22)9-7-17-29/h10-12,18,20,25-26,29-31H,5-9,13-17,19H2,1-4H3/t20-,25-,26+,28-/m1/s1. The molecule has 2 aliphatic rings. The molecule has 1 fully saturated rings. The summed E-state index contributed by atoms with van der Waals surface area (Å²) in [4.78, 5) is 0. The van der Waals surface area contributed by atoms with E-state index in [1.807, 2.05) is 13.8 Å². The summed E-state index contributed by atoms with van der Waals surface area (Å²) in [6.45, 7) is 9.05. The maximum absolute atomic E-state index is 10.1. The smallest absolute Gasteiger partial charge is 0.0684 e. The second-order valence-corrected chi connectivity index (χ2v) is 11.1. The van der Waals surface area contributed by atoms with Crippen LogP contribution in [-0.2, 0) is 13.0 Å². The highest BCUT2D eigenvalue weighted by atomic mass is 16.3. The summed E-state index contributed by atoms with van der Waals surface area (Å²) < 4.78 is 0. The molecule has 31 heavy (non-hydrogen) atoms. The minimum absolute atomic E-state index is 0.0610. The molecule has 3 N–H and O–H groups in total. The summed E-state index contributed by atoms with van der Waals surface area (Å²) in [6, 6.07) is 6.56. The molecule has 0 bridgehead atoms. The molecule has 0 aliphatic heterocycles. The van der Waals surface area contributed by atoms with Crippen molar-refractivity contribution in [3.63, 3.8) is 0 Å². The highest BCUT2D eigenvalue weighted by Crippen LogP contribution is 2.60. The zero-order chi connectivity index (χ0) is 22.6. The van der Waals surface area contributed by atoms with E-state index in [0.717, 1.165) is 43.6 Å². The summed E-state index contributed by atoms with van der Waals surface area (Å²) in [5, 5.41) is 29.1. The van der Waals surface area contributed by atoms with Crippen LogP contribution in [0, 0.1) is 23.2 Å². The number of benzene rings is 1. The lowest BCUT2D eigenvalue weighted by atomic mass is 9.61. The molecular weight excluding hydrogens is 384 g/mol. The molecule has 3 nitrogen and oxygen atoms in total. The third kappa shape index (κ3) is 5.61. The Labute approximate surface area is 189 Å². The van der Waals surface area contributed by atoms with Crippen LogP contribution in [0.4, 0.5) is 0 Å². The Morgan fingerprint density at radius 1 is 1.13 bits per heavy atom. The number of hydrogen-bond acceptors (Lipinski definition) is 3. The van der Waals surface area contributed by atoms with Crippen molar-refractivity contribution in [1.29, 1.82) is 0 Å². The second kappa shape index (κ2) is 10.2. The van der Waals surface area contributed by atoms with Crippen molar-refractivity contribution in [2.24, 2.45) is 23.2 Å². The average molecular weight is 429 g/mol. The van der Waals surface area contributed by atoms with E-state index in [-0.39, 0.29) is 13.2 Å². The van der Waals surface area contributed by atoms with E-state index in [1.54, 1.807) is 0 Å². The van der Waals surface area contributed by atoms with E-state index in [9.17, 15) is 15.3 Å². The van der Waals surface area contributed by atoms with Gasteiger partial charge in [-0.1, -0.05) is 51.0 Å². The minimum Gasteiger partial charge on any atom is -0.396 e. The minimum atomic E-state index is -0.558. The van der Waals surface area contributed by atoms with Gasteiger partial charge in [-0.15, -0.1) is 0 Å². The summed E-state index contributed by atoms with van der Waals surface area (Å²) >= 11 is 0. The molecule has 1 aromatic rings. The lowest BCUT2D eigenvalue weighted by Gasteiger charge is -2.43. The number of allylic oxidation sites excluding steroid dienone is 2. The quantitative estimate of drug-likeness (QED) is 0.435. The number of rotatable bonds is 10. The number of fused-ring (bicyclic) bond motifs is 1. The topological polar surface area (TPSA) is 60.7 Å². The van der Waals surface area contributed by atoms with Gasteiger partial charge in [-0.2, -0.15) is 0 Å². The van der Waals surface area contributed by atoms with Crippen molar-refractivity contribution in [2.75, 3.05) is 6.61 Å². The summed E-state index contributed by atoms with van der Waals surface area (Å²) in [5.74, 6) is 2.04. The van der Waals surface area contributed by atoms with Crippen molar-refractivity contribution in [3.8, 4) is 0 Å². The lowest BCUT2D eigenvalue weighted by molar-refractivity contribution is 0.0620. The SMILES string of the molecule is C[C@H](CCCC(C)(C)O)[C@H]1CC[C@H]2C(c3ccc(CO)c(CCCO)c3)=CCC[C@]12C. The summed E-state index contributed by atoms with van der Waals surface area (Å²) in [6.07, 6.45) is 12.2. The molecule has 0 amide bonds. The van der Waals surface area contributed by atoms with E-state index in [0.29, 0.717) is 17.3 Å². The van der Waals surface area contributed by atoms with Crippen LogP contribution < -0.4 is 0 Å². The number of aliphatic hydroxyl groups excluding tert-OH is 2. The van der Waals surface area contributed by atoms with Gasteiger partial charge < -0.3 is 15.3 Å². The average Bonchev–Trinajstić information content (AvgIpc) is 3.08. The Balaban J connectivity index is 1.77. The van der Waals surface area contributed by atoms with Crippen LogP contribution in [0.1, 0.15) is 95.8 Å². The van der Waals surface area contributed by atoms with Gasteiger partial charge in [0.1, 0.15) is 0 Å². The number of aryl methyl sites for hydroxylation is 1. The molecule has 0 unspecified atom stereocenters. The zero-order valence-corrected chi connectivity index (χ0v) is 20.2. The molecule has 174 valence electrons. The monoisotopic (exact) mass is 428 g/mol. The summed E-state index contributed by atoms with van der Waals surface area (Å²) in [5.41, 5.74) is 4.78. The first-order valence-electron chi connectivity index (χ1n) is 12.5. The molecule has 0 radical (unpaired) electrons. The van der Waals surface area contributed by atoms with Gasteiger partial charge in [-0.25, -0.2) is 0 Å².